The number of Topliss-reactive ketones (excluding diaryl/α,β-unsaturated/α-hetero) is 1. The van der Waals surface area contributed by atoms with Gasteiger partial charge in [0.25, 0.3) is 0 Å². The predicted molar refractivity (Wildman–Crippen MR) is 87.5 cm³/mol. The summed E-state index contributed by atoms with van der Waals surface area (Å²) in [5, 5.41) is 6.53. The predicted octanol–water partition coefficient (Wildman–Crippen LogP) is 2.85. The van der Waals surface area contributed by atoms with Crippen LogP contribution >= 0.6 is 0 Å². The van der Waals surface area contributed by atoms with E-state index in [1.807, 2.05) is 55.5 Å². The van der Waals surface area contributed by atoms with Crippen molar-refractivity contribution in [1.82, 2.24) is 5.32 Å². The summed E-state index contributed by atoms with van der Waals surface area (Å²) in [4.78, 5) is 12.5. The van der Waals surface area contributed by atoms with Crippen LogP contribution in [0.1, 0.15) is 22.8 Å². The molecule has 1 atom stereocenters. The molecule has 114 valence electrons. The molecule has 22 heavy (non-hydrogen) atoms. The highest BCUT2D eigenvalue weighted by Crippen LogP contribution is 2.28. The largest absolute Gasteiger partial charge is 0.490 e. The first-order valence-corrected chi connectivity index (χ1v) is 7.56. The minimum Gasteiger partial charge on any atom is -0.490 e. The second-order valence-electron chi connectivity index (χ2n) is 5.44. The zero-order valence-electron chi connectivity index (χ0n) is 12.6. The first-order valence-electron chi connectivity index (χ1n) is 7.56. The van der Waals surface area contributed by atoms with Crippen LogP contribution in [0.2, 0.25) is 0 Å². The Morgan fingerprint density at radius 3 is 2.91 bits per heavy atom. The summed E-state index contributed by atoms with van der Waals surface area (Å²) >= 11 is 0. The van der Waals surface area contributed by atoms with E-state index in [2.05, 4.69) is 10.6 Å². The standard InChI is InChI=1S/C18H20N2O2/c1-13(20-12-14-5-3-2-4-6-14)18(21)15-7-8-17-16(11-15)19-9-10-22-17/h2-8,11,13,19-20H,9-10,12H2,1H3. The van der Waals surface area contributed by atoms with Crippen molar-refractivity contribution < 1.29 is 9.53 Å². The van der Waals surface area contributed by atoms with Crippen LogP contribution in [0, 0.1) is 0 Å². The summed E-state index contributed by atoms with van der Waals surface area (Å²) < 4.78 is 5.53. The van der Waals surface area contributed by atoms with Gasteiger partial charge >= 0.3 is 0 Å². The maximum atomic E-state index is 12.5. The third-order valence-corrected chi connectivity index (χ3v) is 3.79. The quantitative estimate of drug-likeness (QED) is 0.833. The summed E-state index contributed by atoms with van der Waals surface area (Å²) in [6, 6.07) is 15.4. The smallest absolute Gasteiger partial charge is 0.179 e. The molecule has 1 aliphatic heterocycles. The lowest BCUT2D eigenvalue weighted by Gasteiger charge is -2.20. The van der Waals surface area contributed by atoms with Crippen LogP contribution in [-0.2, 0) is 6.54 Å². The van der Waals surface area contributed by atoms with Gasteiger partial charge in [-0.25, -0.2) is 0 Å². The van der Waals surface area contributed by atoms with E-state index in [-0.39, 0.29) is 11.8 Å². The highest BCUT2D eigenvalue weighted by Gasteiger charge is 2.17. The molecule has 1 heterocycles. The molecule has 1 aliphatic rings. The maximum Gasteiger partial charge on any atom is 0.179 e. The van der Waals surface area contributed by atoms with Gasteiger partial charge in [0.2, 0.25) is 0 Å². The highest BCUT2D eigenvalue weighted by molar-refractivity contribution is 6.01. The van der Waals surface area contributed by atoms with Gasteiger partial charge in [0.15, 0.2) is 5.78 Å². The molecule has 4 heteroatoms. The normalized spacial score (nSPS) is 14.4. The van der Waals surface area contributed by atoms with Crippen molar-refractivity contribution in [3.05, 3.63) is 59.7 Å². The van der Waals surface area contributed by atoms with E-state index < -0.39 is 0 Å². The molecule has 0 aromatic heterocycles. The van der Waals surface area contributed by atoms with Crippen LogP contribution < -0.4 is 15.4 Å². The number of carbonyl (C=O) groups is 1. The van der Waals surface area contributed by atoms with Crippen LogP contribution in [0.3, 0.4) is 0 Å². The minimum absolute atomic E-state index is 0.0890. The molecule has 0 amide bonds. The van der Waals surface area contributed by atoms with Gasteiger partial charge in [-0.3, -0.25) is 4.79 Å². The van der Waals surface area contributed by atoms with Gasteiger partial charge in [-0.05, 0) is 30.7 Å². The fourth-order valence-electron chi connectivity index (χ4n) is 2.50. The van der Waals surface area contributed by atoms with E-state index in [0.717, 1.165) is 18.0 Å². The Kier molecular flexibility index (Phi) is 4.39. The van der Waals surface area contributed by atoms with Gasteiger partial charge < -0.3 is 15.4 Å². The Hall–Kier alpha value is -2.33. The van der Waals surface area contributed by atoms with Crippen molar-refractivity contribution in [2.45, 2.75) is 19.5 Å². The number of hydrogen-bond donors (Lipinski definition) is 2. The topological polar surface area (TPSA) is 50.4 Å². The van der Waals surface area contributed by atoms with E-state index >= 15 is 0 Å². The summed E-state index contributed by atoms with van der Waals surface area (Å²) in [6.07, 6.45) is 0. The zero-order valence-corrected chi connectivity index (χ0v) is 12.6. The average molecular weight is 296 g/mol. The Morgan fingerprint density at radius 2 is 2.09 bits per heavy atom. The number of carbonyl (C=O) groups excluding carboxylic acids is 1. The van der Waals surface area contributed by atoms with Crippen LogP contribution in [0.4, 0.5) is 5.69 Å². The molecule has 1 unspecified atom stereocenters. The van der Waals surface area contributed by atoms with Crippen molar-refractivity contribution in [3.63, 3.8) is 0 Å². The molecule has 4 nitrogen and oxygen atoms in total. The van der Waals surface area contributed by atoms with Crippen molar-refractivity contribution in [3.8, 4) is 5.75 Å². The first kappa shape index (κ1) is 14.6. The third kappa shape index (κ3) is 3.28. The molecule has 0 saturated heterocycles. The number of ketones is 1. The second-order valence-corrected chi connectivity index (χ2v) is 5.44. The number of fused-ring (bicyclic) bond motifs is 1. The Balaban J connectivity index is 1.65. The molecule has 0 radical (unpaired) electrons. The summed E-state index contributed by atoms with van der Waals surface area (Å²) in [7, 11) is 0. The highest BCUT2D eigenvalue weighted by atomic mass is 16.5. The van der Waals surface area contributed by atoms with Gasteiger partial charge in [-0.2, -0.15) is 0 Å². The molecular formula is C18H20N2O2. The fourth-order valence-corrected chi connectivity index (χ4v) is 2.50. The molecule has 0 aliphatic carbocycles. The van der Waals surface area contributed by atoms with E-state index in [1.165, 1.54) is 5.56 Å². The third-order valence-electron chi connectivity index (χ3n) is 3.79. The van der Waals surface area contributed by atoms with Crippen molar-refractivity contribution in [2.24, 2.45) is 0 Å². The van der Waals surface area contributed by atoms with Gasteiger partial charge in [0.1, 0.15) is 12.4 Å². The van der Waals surface area contributed by atoms with Gasteiger partial charge in [0.05, 0.1) is 11.7 Å². The SMILES string of the molecule is CC(NCc1ccccc1)C(=O)c1ccc2c(c1)NCCO2. The molecule has 0 saturated carbocycles. The molecular weight excluding hydrogens is 276 g/mol. The second kappa shape index (κ2) is 6.62. The molecule has 2 aromatic carbocycles. The lowest BCUT2D eigenvalue weighted by atomic mass is 10.0. The van der Waals surface area contributed by atoms with Crippen LogP contribution in [0.15, 0.2) is 48.5 Å². The molecule has 0 spiro atoms. The fraction of sp³-hybridized carbons (Fsp3) is 0.278. The Labute approximate surface area is 130 Å². The van der Waals surface area contributed by atoms with Crippen LogP contribution in [0.5, 0.6) is 5.75 Å². The van der Waals surface area contributed by atoms with E-state index in [0.29, 0.717) is 18.7 Å². The number of nitrogens with one attached hydrogen (secondary N) is 2. The van der Waals surface area contributed by atoms with E-state index in [9.17, 15) is 4.79 Å². The first-order chi connectivity index (χ1) is 10.7. The van der Waals surface area contributed by atoms with Gasteiger partial charge in [-0.1, -0.05) is 30.3 Å². The number of rotatable bonds is 5. The number of anilines is 1. The lowest BCUT2D eigenvalue weighted by Crippen LogP contribution is -2.33. The number of benzene rings is 2. The Bertz CT molecular complexity index is 655. The van der Waals surface area contributed by atoms with E-state index in [1.54, 1.807) is 0 Å². The van der Waals surface area contributed by atoms with Gasteiger partial charge in [-0.15, -0.1) is 0 Å². The maximum absolute atomic E-state index is 12.5. The van der Waals surface area contributed by atoms with Gasteiger partial charge in [0, 0.05) is 18.7 Å². The van der Waals surface area contributed by atoms with E-state index in [4.69, 9.17) is 4.74 Å². The molecule has 0 bridgehead atoms. The average Bonchev–Trinajstić information content (AvgIpc) is 2.59. The number of ether oxygens (including phenoxy) is 1. The monoisotopic (exact) mass is 296 g/mol. The minimum atomic E-state index is -0.234. The molecule has 2 aromatic rings. The summed E-state index contributed by atoms with van der Waals surface area (Å²) in [5.74, 6) is 0.902. The summed E-state index contributed by atoms with van der Waals surface area (Å²) in [5.41, 5.74) is 2.76. The lowest BCUT2D eigenvalue weighted by molar-refractivity contribution is 0.0950. The van der Waals surface area contributed by atoms with Crippen LogP contribution in [-0.4, -0.2) is 25.0 Å². The van der Waals surface area contributed by atoms with Crippen molar-refractivity contribution >= 4 is 11.5 Å². The van der Waals surface area contributed by atoms with Crippen molar-refractivity contribution in [1.29, 1.82) is 0 Å². The summed E-state index contributed by atoms with van der Waals surface area (Å²) in [6.45, 7) is 4.01. The van der Waals surface area contributed by atoms with Crippen LogP contribution in [0.25, 0.3) is 0 Å². The molecule has 3 rings (SSSR count). The zero-order chi connectivity index (χ0) is 15.4. The Morgan fingerprint density at radius 1 is 1.27 bits per heavy atom. The molecule has 0 fully saturated rings. The van der Waals surface area contributed by atoms with Crippen molar-refractivity contribution in [2.75, 3.05) is 18.5 Å². The molecule has 2 N–H and O–H groups in total. The number of hydrogen-bond acceptors (Lipinski definition) is 4.